The van der Waals surface area contributed by atoms with Crippen LogP contribution in [0.25, 0.3) is 11.3 Å². The van der Waals surface area contributed by atoms with Gasteiger partial charge in [-0.15, -0.1) is 0 Å². The van der Waals surface area contributed by atoms with E-state index in [1.807, 2.05) is 102 Å². The number of anilines is 1. The first-order valence-corrected chi connectivity index (χ1v) is 17.6. The van der Waals surface area contributed by atoms with Crippen molar-refractivity contribution < 1.29 is 23.8 Å². The zero-order chi connectivity index (χ0) is 36.4. The molecule has 1 amide bonds. The summed E-state index contributed by atoms with van der Waals surface area (Å²) >= 11 is 0. The van der Waals surface area contributed by atoms with Crippen molar-refractivity contribution in [1.29, 1.82) is 0 Å². The van der Waals surface area contributed by atoms with Crippen LogP contribution in [0, 0.1) is 0 Å². The van der Waals surface area contributed by atoms with Crippen LogP contribution in [-0.2, 0) is 44.9 Å². The molecule has 1 unspecified atom stereocenters. The molecule has 4 aromatic rings. The minimum absolute atomic E-state index is 0. The summed E-state index contributed by atoms with van der Waals surface area (Å²) in [6.07, 6.45) is 2.37. The number of nitrogens with zero attached hydrogens (tertiary/aromatic N) is 3. The number of ether oxygens (including phenoxy) is 3. The van der Waals surface area contributed by atoms with Crippen molar-refractivity contribution in [3.63, 3.8) is 0 Å². The molecule has 52 heavy (non-hydrogen) atoms. The highest BCUT2D eigenvalue weighted by Crippen LogP contribution is 2.26. The van der Waals surface area contributed by atoms with Gasteiger partial charge >= 0.3 is 12.1 Å². The van der Waals surface area contributed by atoms with Gasteiger partial charge in [0.1, 0.15) is 23.1 Å². The molecule has 10 nitrogen and oxygen atoms in total. The van der Waals surface area contributed by atoms with Crippen molar-refractivity contribution in [3.05, 3.63) is 113 Å². The van der Waals surface area contributed by atoms with Crippen LogP contribution in [0.4, 0.5) is 10.5 Å². The predicted octanol–water partition coefficient (Wildman–Crippen LogP) is 6.75. The molecule has 1 saturated heterocycles. The lowest BCUT2D eigenvalue weighted by molar-refractivity contribution is -0.157. The van der Waals surface area contributed by atoms with E-state index in [4.69, 9.17) is 19.2 Å². The Kier molecular flexibility index (Phi) is 14.2. The van der Waals surface area contributed by atoms with Gasteiger partial charge in [0.2, 0.25) is 0 Å². The Labute approximate surface area is 315 Å². The molecule has 0 radical (unpaired) electrons. The Balaban J connectivity index is 0.00000605. The third-order valence-corrected chi connectivity index (χ3v) is 8.13. The molecule has 1 fully saturated rings. The molecule has 11 heteroatoms. The molecule has 1 aliphatic rings. The SMILES string of the molecule is CC(C)(C)OC(=O)NCc1cccc(-c2ccnc(Cc3ccc(N4CCOCC4)c(CNC(Cc4ccccc4)C(=O)OC(C)(C)C)c3)n2)c1.S. The van der Waals surface area contributed by atoms with Gasteiger partial charge in [-0.25, -0.2) is 14.8 Å². The molecule has 0 saturated carbocycles. The smallest absolute Gasteiger partial charge is 0.407 e. The molecule has 0 aliphatic carbocycles. The highest BCUT2D eigenvalue weighted by molar-refractivity contribution is 7.59. The summed E-state index contributed by atoms with van der Waals surface area (Å²) in [4.78, 5) is 37.5. The number of hydrogen-bond acceptors (Lipinski definition) is 9. The number of esters is 1. The molecule has 0 spiro atoms. The van der Waals surface area contributed by atoms with E-state index in [9.17, 15) is 9.59 Å². The molecule has 1 atom stereocenters. The first-order chi connectivity index (χ1) is 24.3. The third kappa shape index (κ3) is 12.6. The highest BCUT2D eigenvalue weighted by Gasteiger charge is 2.26. The van der Waals surface area contributed by atoms with Crippen LogP contribution in [-0.4, -0.2) is 65.6 Å². The van der Waals surface area contributed by atoms with E-state index in [0.717, 1.165) is 52.3 Å². The number of amides is 1. The van der Waals surface area contributed by atoms with Crippen LogP contribution >= 0.6 is 13.5 Å². The van der Waals surface area contributed by atoms with E-state index < -0.39 is 23.3 Å². The molecule has 1 aromatic heterocycles. The lowest BCUT2D eigenvalue weighted by Gasteiger charge is -2.31. The number of carbonyl (C=O) groups is 2. The Morgan fingerprint density at radius 3 is 2.25 bits per heavy atom. The van der Waals surface area contributed by atoms with Crippen molar-refractivity contribution in [3.8, 4) is 11.3 Å². The van der Waals surface area contributed by atoms with E-state index in [1.54, 1.807) is 6.20 Å². The maximum Gasteiger partial charge on any atom is 0.407 e. The Bertz CT molecular complexity index is 1770. The first kappa shape index (κ1) is 40.3. The van der Waals surface area contributed by atoms with Gasteiger partial charge in [-0.05, 0) is 88.4 Å². The van der Waals surface area contributed by atoms with Gasteiger partial charge in [0.25, 0.3) is 0 Å². The zero-order valence-corrected chi connectivity index (χ0v) is 32.2. The molecular formula is C41H53N5O5S. The lowest BCUT2D eigenvalue weighted by Crippen LogP contribution is -2.43. The fourth-order valence-corrected chi connectivity index (χ4v) is 5.85. The molecule has 3 aromatic carbocycles. The van der Waals surface area contributed by atoms with Crippen molar-refractivity contribution in [2.45, 2.75) is 84.7 Å². The second-order valence-electron chi connectivity index (χ2n) is 14.8. The summed E-state index contributed by atoms with van der Waals surface area (Å²) in [6.45, 7) is 14.9. The average molecular weight is 728 g/mol. The third-order valence-electron chi connectivity index (χ3n) is 8.13. The quantitative estimate of drug-likeness (QED) is 0.153. The number of aromatic nitrogens is 2. The summed E-state index contributed by atoms with van der Waals surface area (Å²) in [5, 5.41) is 6.37. The van der Waals surface area contributed by atoms with Crippen molar-refractivity contribution in [1.82, 2.24) is 20.6 Å². The number of rotatable bonds is 12. The van der Waals surface area contributed by atoms with Crippen LogP contribution in [0.3, 0.4) is 0 Å². The number of benzene rings is 3. The number of carbonyl (C=O) groups excluding carboxylic acids is 2. The van der Waals surface area contributed by atoms with E-state index >= 15 is 0 Å². The monoisotopic (exact) mass is 727 g/mol. The molecule has 0 bridgehead atoms. The molecule has 5 rings (SSSR count). The maximum atomic E-state index is 13.4. The Morgan fingerprint density at radius 1 is 0.827 bits per heavy atom. The van der Waals surface area contributed by atoms with Gasteiger partial charge in [-0.2, -0.15) is 13.5 Å². The summed E-state index contributed by atoms with van der Waals surface area (Å²) in [5.74, 6) is 0.420. The van der Waals surface area contributed by atoms with Gasteiger partial charge in [0, 0.05) is 50.0 Å². The Hall–Kier alpha value is -4.45. The first-order valence-electron chi connectivity index (χ1n) is 17.6. The van der Waals surface area contributed by atoms with Gasteiger partial charge in [0.15, 0.2) is 0 Å². The average Bonchev–Trinajstić information content (AvgIpc) is 3.09. The van der Waals surface area contributed by atoms with Crippen LogP contribution in [0.2, 0.25) is 0 Å². The molecule has 2 heterocycles. The molecule has 278 valence electrons. The second-order valence-corrected chi connectivity index (χ2v) is 14.8. The number of hydrogen-bond donors (Lipinski definition) is 2. The van der Waals surface area contributed by atoms with Gasteiger partial charge in [-0.3, -0.25) is 10.1 Å². The van der Waals surface area contributed by atoms with Gasteiger partial charge in [-0.1, -0.05) is 60.7 Å². The largest absolute Gasteiger partial charge is 0.459 e. The second kappa shape index (κ2) is 18.3. The fraction of sp³-hybridized carbons (Fsp3) is 0.415. The lowest BCUT2D eigenvalue weighted by atomic mass is 10.0. The van der Waals surface area contributed by atoms with Crippen LogP contribution in [0.1, 0.15) is 69.6 Å². The van der Waals surface area contributed by atoms with E-state index in [0.29, 0.717) is 45.0 Å². The zero-order valence-electron chi connectivity index (χ0n) is 31.2. The highest BCUT2D eigenvalue weighted by atomic mass is 32.1. The minimum Gasteiger partial charge on any atom is -0.459 e. The van der Waals surface area contributed by atoms with Crippen molar-refractivity contribution >= 4 is 31.2 Å². The van der Waals surface area contributed by atoms with E-state index in [-0.39, 0.29) is 19.5 Å². The summed E-state index contributed by atoms with van der Waals surface area (Å²) in [5.41, 5.74) is 5.83. The Morgan fingerprint density at radius 2 is 1.54 bits per heavy atom. The molecule has 2 N–H and O–H groups in total. The van der Waals surface area contributed by atoms with Gasteiger partial charge in [0.05, 0.1) is 18.9 Å². The van der Waals surface area contributed by atoms with E-state index in [1.165, 1.54) is 0 Å². The molecule has 1 aliphatic heterocycles. The topological polar surface area (TPSA) is 115 Å². The van der Waals surface area contributed by atoms with Crippen LogP contribution < -0.4 is 15.5 Å². The minimum atomic E-state index is -0.598. The van der Waals surface area contributed by atoms with E-state index in [2.05, 4.69) is 38.7 Å². The van der Waals surface area contributed by atoms with Crippen molar-refractivity contribution in [2.24, 2.45) is 0 Å². The number of morpholine rings is 1. The van der Waals surface area contributed by atoms with Crippen LogP contribution in [0.15, 0.2) is 85.1 Å². The standard InChI is InChI=1S/C41H51N5O5.H2S/c1-40(2,3)50-38(47)35(25-29-11-8-7-9-12-29)43-28-33-23-30(15-16-36(33)46-19-21-49-22-20-46)26-37-42-18-17-34(45-37)32-14-10-13-31(24-32)27-44-39(48)51-41(4,5)6;/h7-18,23-24,35,43H,19-22,25-28H2,1-6H3,(H,44,48);1H2. The van der Waals surface area contributed by atoms with Gasteiger partial charge < -0.3 is 24.4 Å². The normalized spacial score (nSPS) is 13.8. The number of nitrogens with one attached hydrogen (secondary N) is 2. The maximum absolute atomic E-state index is 13.4. The fourth-order valence-electron chi connectivity index (χ4n) is 5.85. The van der Waals surface area contributed by atoms with Crippen molar-refractivity contribution in [2.75, 3.05) is 31.2 Å². The molecular weight excluding hydrogens is 675 g/mol. The predicted molar refractivity (Wildman–Crippen MR) is 210 cm³/mol. The summed E-state index contributed by atoms with van der Waals surface area (Å²) in [7, 11) is 0. The number of alkyl carbamates (subject to hydrolysis) is 1. The summed E-state index contributed by atoms with van der Waals surface area (Å²) in [6, 6.07) is 25.8. The van der Waals surface area contributed by atoms with Crippen LogP contribution in [0.5, 0.6) is 0 Å². The summed E-state index contributed by atoms with van der Waals surface area (Å²) < 4.78 is 16.9.